The van der Waals surface area contributed by atoms with Crippen LogP contribution in [-0.4, -0.2) is 28.3 Å². The molecule has 2 aromatic heterocycles. The highest BCUT2D eigenvalue weighted by atomic mass is 16.5. The Hall–Kier alpha value is -3.16. The van der Waals surface area contributed by atoms with Crippen molar-refractivity contribution < 1.29 is 18.6 Å². The normalized spacial score (nSPS) is 12.0. The number of hydrogen-bond donors (Lipinski definition) is 1. The standard InChI is InChI=1S/C16H16N4O4/c1-9-8-12(19-23-9)16(21)18-14(15-17-10(2)24-20-15)11-6-4-5-7-13(11)22-3/h4-8,14H,1-3H3,(H,18,21)/t14-/m0/s1. The fraction of sp³-hybridized carbons (Fsp3) is 0.250. The molecule has 0 saturated heterocycles. The molecule has 0 aliphatic heterocycles. The maximum absolute atomic E-state index is 12.5. The fourth-order valence-corrected chi connectivity index (χ4v) is 2.30. The van der Waals surface area contributed by atoms with Crippen molar-refractivity contribution in [3.8, 4) is 5.75 Å². The highest BCUT2D eigenvalue weighted by Gasteiger charge is 2.26. The lowest BCUT2D eigenvalue weighted by atomic mass is 10.0. The number of hydrogen-bond acceptors (Lipinski definition) is 7. The van der Waals surface area contributed by atoms with Crippen LogP contribution in [0.3, 0.4) is 0 Å². The van der Waals surface area contributed by atoms with Gasteiger partial charge < -0.3 is 19.1 Å². The number of nitrogens with one attached hydrogen (secondary N) is 1. The number of carbonyl (C=O) groups is 1. The van der Waals surface area contributed by atoms with Gasteiger partial charge in [-0.05, 0) is 13.0 Å². The summed E-state index contributed by atoms with van der Waals surface area (Å²) in [4.78, 5) is 16.7. The van der Waals surface area contributed by atoms with Crippen molar-refractivity contribution in [3.05, 3.63) is 59.1 Å². The summed E-state index contributed by atoms with van der Waals surface area (Å²) in [6.45, 7) is 3.39. The van der Waals surface area contributed by atoms with Crippen LogP contribution in [0.1, 0.15) is 39.6 Å². The second-order valence-electron chi connectivity index (χ2n) is 5.14. The first-order valence-electron chi connectivity index (χ1n) is 7.26. The van der Waals surface area contributed by atoms with Crippen LogP contribution in [-0.2, 0) is 0 Å². The number of nitrogens with zero attached hydrogens (tertiary/aromatic N) is 3. The minimum Gasteiger partial charge on any atom is -0.496 e. The van der Waals surface area contributed by atoms with Crippen molar-refractivity contribution in [1.29, 1.82) is 0 Å². The van der Waals surface area contributed by atoms with Crippen molar-refractivity contribution in [2.24, 2.45) is 0 Å². The zero-order valence-electron chi connectivity index (χ0n) is 13.4. The number of rotatable bonds is 5. The van der Waals surface area contributed by atoms with Crippen LogP contribution in [0.25, 0.3) is 0 Å². The predicted octanol–water partition coefficient (Wildman–Crippen LogP) is 2.20. The van der Waals surface area contributed by atoms with E-state index in [-0.39, 0.29) is 5.69 Å². The number of aryl methyl sites for hydroxylation is 2. The Morgan fingerprint density at radius 2 is 2.00 bits per heavy atom. The molecule has 8 heteroatoms. The van der Waals surface area contributed by atoms with Crippen LogP contribution >= 0.6 is 0 Å². The Labute approximate surface area is 137 Å². The molecule has 1 N–H and O–H groups in total. The smallest absolute Gasteiger partial charge is 0.274 e. The maximum atomic E-state index is 12.5. The number of ether oxygens (including phenoxy) is 1. The lowest BCUT2D eigenvalue weighted by Crippen LogP contribution is -2.30. The molecule has 0 bridgehead atoms. The molecular formula is C16H16N4O4. The number of benzene rings is 1. The minimum absolute atomic E-state index is 0.174. The molecule has 0 spiro atoms. The molecule has 3 aromatic rings. The number of carbonyl (C=O) groups excluding carboxylic acids is 1. The van der Waals surface area contributed by atoms with E-state index in [0.717, 1.165) is 0 Å². The first-order valence-corrected chi connectivity index (χ1v) is 7.26. The van der Waals surface area contributed by atoms with Gasteiger partial charge in [-0.25, -0.2) is 0 Å². The summed E-state index contributed by atoms with van der Waals surface area (Å²) in [6.07, 6.45) is 0. The van der Waals surface area contributed by atoms with E-state index in [0.29, 0.717) is 28.8 Å². The Morgan fingerprint density at radius 1 is 1.21 bits per heavy atom. The molecular weight excluding hydrogens is 312 g/mol. The lowest BCUT2D eigenvalue weighted by molar-refractivity contribution is 0.0931. The van der Waals surface area contributed by atoms with Gasteiger partial charge in [-0.15, -0.1) is 0 Å². The molecule has 0 aliphatic carbocycles. The number of amides is 1. The van der Waals surface area contributed by atoms with Gasteiger partial charge in [0.2, 0.25) is 5.89 Å². The van der Waals surface area contributed by atoms with Gasteiger partial charge in [0.05, 0.1) is 7.11 Å². The molecule has 24 heavy (non-hydrogen) atoms. The maximum Gasteiger partial charge on any atom is 0.274 e. The van der Waals surface area contributed by atoms with Crippen LogP contribution in [0.5, 0.6) is 5.75 Å². The number of para-hydroxylation sites is 1. The van der Waals surface area contributed by atoms with E-state index in [1.165, 1.54) is 0 Å². The molecule has 1 atom stereocenters. The summed E-state index contributed by atoms with van der Waals surface area (Å²) < 4.78 is 15.4. The third-order valence-corrected chi connectivity index (χ3v) is 3.39. The second kappa shape index (κ2) is 6.53. The van der Waals surface area contributed by atoms with E-state index in [4.69, 9.17) is 13.8 Å². The molecule has 0 unspecified atom stereocenters. The zero-order valence-corrected chi connectivity index (χ0v) is 13.4. The molecule has 124 valence electrons. The molecule has 3 rings (SSSR count). The van der Waals surface area contributed by atoms with Gasteiger partial charge in [0.1, 0.15) is 17.6 Å². The van der Waals surface area contributed by atoms with E-state index in [1.54, 1.807) is 33.1 Å². The van der Waals surface area contributed by atoms with E-state index in [1.807, 2.05) is 18.2 Å². The SMILES string of the molecule is COc1ccccc1[C@H](NC(=O)c1cc(C)on1)c1noc(C)n1. The Morgan fingerprint density at radius 3 is 2.62 bits per heavy atom. The number of aromatic nitrogens is 3. The molecule has 0 saturated carbocycles. The van der Waals surface area contributed by atoms with Crippen molar-refractivity contribution in [1.82, 2.24) is 20.6 Å². The molecule has 1 aromatic carbocycles. The number of methoxy groups -OCH3 is 1. The molecule has 8 nitrogen and oxygen atoms in total. The average molecular weight is 328 g/mol. The van der Waals surface area contributed by atoms with Crippen LogP contribution in [0.2, 0.25) is 0 Å². The fourth-order valence-electron chi connectivity index (χ4n) is 2.30. The van der Waals surface area contributed by atoms with Gasteiger partial charge in [-0.1, -0.05) is 28.5 Å². The van der Waals surface area contributed by atoms with Gasteiger partial charge in [0, 0.05) is 18.6 Å². The summed E-state index contributed by atoms with van der Waals surface area (Å²) in [6, 6.07) is 8.19. The van der Waals surface area contributed by atoms with Crippen LogP contribution < -0.4 is 10.1 Å². The van der Waals surface area contributed by atoms with E-state index in [9.17, 15) is 4.79 Å². The third-order valence-electron chi connectivity index (χ3n) is 3.39. The summed E-state index contributed by atoms with van der Waals surface area (Å²) in [5.74, 6) is 1.46. The first kappa shape index (κ1) is 15.7. The van der Waals surface area contributed by atoms with Gasteiger partial charge in [-0.2, -0.15) is 4.98 Å². The zero-order chi connectivity index (χ0) is 17.1. The van der Waals surface area contributed by atoms with Crippen molar-refractivity contribution in [2.45, 2.75) is 19.9 Å². The van der Waals surface area contributed by atoms with Gasteiger partial charge in [-0.3, -0.25) is 4.79 Å². The molecule has 1 amide bonds. The first-order chi connectivity index (χ1) is 11.6. The Bertz CT molecular complexity index is 855. The van der Waals surface area contributed by atoms with E-state index in [2.05, 4.69) is 20.6 Å². The topological polar surface area (TPSA) is 103 Å². The van der Waals surface area contributed by atoms with Crippen LogP contribution in [0, 0.1) is 13.8 Å². The molecule has 0 aliphatic rings. The van der Waals surface area contributed by atoms with Gasteiger partial charge >= 0.3 is 0 Å². The summed E-state index contributed by atoms with van der Waals surface area (Å²) in [5, 5.41) is 10.5. The average Bonchev–Trinajstić information content (AvgIpc) is 3.21. The highest BCUT2D eigenvalue weighted by molar-refractivity contribution is 5.92. The van der Waals surface area contributed by atoms with Gasteiger partial charge in [0.15, 0.2) is 11.5 Å². The van der Waals surface area contributed by atoms with Gasteiger partial charge in [0.25, 0.3) is 5.91 Å². The summed E-state index contributed by atoms with van der Waals surface area (Å²) in [5.41, 5.74) is 0.877. The quantitative estimate of drug-likeness (QED) is 0.765. The molecule has 0 fully saturated rings. The monoisotopic (exact) mass is 328 g/mol. The third kappa shape index (κ3) is 3.12. The van der Waals surface area contributed by atoms with Crippen LogP contribution in [0.4, 0.5) is 0 Å². The summed E-state index contributed by atoms with van der Waals surface area (Å²) >= 11 is 0. The van der Waals surface area contributed by atoms with Crippen molar-refractivity contribution >= 4 is 5.91 Å². The predicted molar refractivity (Wildman–Crippen MR) is 82.6 cm³/mol. The summed E-state index contributed by atoms with van der Waals surface area (Å²) in [7, 11) is 1.56. The van der Waals surface area contributed by atoms with Crippen molar-refractivity contribution in [3.63, 3.8) is 0 Å². The minimum atomic E-state index is -0.650. The van der Waals surface area contributed by atoms with Crippen molar-refractivity contribution in [2.75, 3.05) is 7.11 Å². The lowest BCUT2D eigenvalue weighted by Gasteiger charge is -2.17. The largest absolute Gasteiger partial charge is 0.496 e. The second-order valence-corrected chi connectivity index (χ2v) is 5.14. The highest BCUT2D eigenvalue weighted by Crippen LogP contribution is 2.28. The molecule has 0 radical (unpaired) electrons. The Balaban J connectivity index is 1.98. The van der Waals surface area contributed by atoms with E-state index < -0.39 is 11.9 Å². The Kier molecular flexibility index (Phi) is 4.28. The van der Waals surface area contributed by atoms with E-state index >= 15 is 0 Å². The van der Waals surface area contributed by atoms with Crippen LogP contribution in [0.15, 0.2) is 39.4 Å². The molecule has 2 heterocycles.